The first kappa shape index (κ1) is 20.1. The maximum Gasteiger partial charge on any atom is 0.160 e. The zero-order chi connectivity index (χ0) is 13.7. The summed E-state index contributed by atoms with van der Waals surface area (Å²) in [5, 5.41) is 13.1. The van der Waals surface area contributed by atoms with Gasteiger partial charge in [-0.25, -0.2) is 0 Å². The number of hydrogen-bond donors (Lipinski definition) is 2. The Hall–Kier alpha value is -0.940. The largest absolute Gasteiger partial charge is 0.504 e. The summed E-state index contributed by atoms with van der Waals surface area (Å²) in [6.07, 6.45) is 2.85. The van der Waals surface area contributed by atoms with Crippen molar-refractivity contribution in [2.45, 2.75) is 12.5 Å². The predicted molar refractivity (Wildman–Crippen MR) is 91.2 cm³/mol. The minimum Gasteiger partial charge on any atom is -0.504 e. The molecule has 0 saturated carbocycles. The Morgan fingerprint density at radius 3 is 2.62 bits per heavy atom. The Balaban J connectivity index is 0.00000200. The van der Waals surface area contributed by atoms with Gasteiger partial charge in [0.15, 0.2) is 11.5 Å². The highest BCUT2D eigenvalue weighted by Gasteiger charge is 2.21. The molecule has 0 unspecified atom stereocenters. The number of hydrogen-bond acceptors (Lipinski definition) is 4. The fourth-order valence-electron chi connectivity index (χ4n) is 2.55. The first-order valence-corrected chi connectivity index (χ1v) is 6.69. The molecule has 2 N–H and O–H groups in total. The standard InChI is InChI=1S/C15H22N2O2.2ClH/c1-3-4-13(17-9-7-16-8-10-17)12-5-6-14(18)15(11-12)19-2;;/h3,5-6,11,13,16,18H,1,4,7-10H2,2H3;2*1H/t13-;;/m1../s1. The molecule has 4 nitrogen and oxygen atoms in total. The number of nitrogens with one attached hydrogen (secondary N) is 1. The monoisotopic (exact) mass is 334 g/mol. The van der Waals surface area contributed by atoms with Crippen LogP contribution in [0.3, 0.4) is 0 Å². The van der Waals surface area contributed by atoms with Crippen molar-refractivity contribution in [3.8, 4) is 11.5 Å². The third-order valence-corrected chi connectivity index (χ3v) is 3.57. The van der Waals surface area contributed by atoms with Crippen molar-refractivity contribution < 1.29 is 9.84 Å². The Labute approximate surface area is 139 Å². The average Bonchev–Trinajstić information content (AvgIpc) is 2.46. The number of halogens is 2. The van der Waals surface area contributed by atoms with Crippen LogP contribution in [0, 0.1) is 0 Å². The van der Waals surface area contributed by atoms with Crippen LogP contribution in [-0.2, 0) is 0 Å². The third kappa shape index (κ3) is 5.08. The summed E-state index contributed by atoms with van der Waals surface area (Å²) in [4.78, 5) is 2.45. The SMILES string of the molecule is C=CC[C@H](c1ccc(O)c(OC)c1)N1CCNCC1.Cl.Cl. The van der Waals surface area contributed by atoms with Crippen molar-refractivity contribution in [1.82, 2.24) is 10.2 Å². The van der Waals surface area contributed by atoms with Crippen LogP contribution in [0.5, 0.6) is 11.5 Å². The summed E-state index contributed by atoms with van der Waals surface area (Å²) in [6, 6.07) is 5.89. The summed E-state index contributed by atoms with van der Waals surface area (Å²) in [5.41, 5.74) is 1.16. The second kappa shape index (κ2) is 9.90. The van der Waals surface area contributed by atoms with E-state index < -0.39 is 0 Å². The third-order valence-electron chi connectivity index (χ3n) is 3.57. The molecule has 1 aliphatic heterocycles. The first-order chi connectivity index (χ1) is 9.26. The molecule has 2 rings (SSSR count). The van der Waals surface area contributed by atoms with Gasteiger partial charge in [-0.05, 0) is 24.1 Å². The van der Waals surface area contributed by atoms with Crippen LogP contribution in [0.2, 0.25) is 0 Å². The molecule has 1 aromatic rings. The van der Waals surface area contributed by atoms with Crippen molar-refractivity contribution >= 4 is 24.8 Å². The highest BCUT2D eigenvalue weighted by atomic mass is 35.5. The molecule has 0 radical (unpaired) electrons. The molecule has 1 atom stereocenters. The molecule has 1 heterocycles. The number of phenols is 1. The molecule has 1 saturated heterocycles. The molecular formula is C15H24Cl2N2O2. The topological polar surface area (TPSA) is 44.7 Å². The summed E-state index contributed by atoms with van der Waals surface area (Å²) in [7, 11) is 1.58. The molecule has 0 spiro atoms. The number of ether oxygens (including phenoxy) is 1. The van der Waals surface area contributed by atoms with Gasteiger partial charge in [0.2, 0.25) is 0 Å². The molecule has 6 heteroatoms. The number of nitrogens with zero attached hydrogens (tertiary/aromatic N) is 1. The van der Waals surface area contributed by atoms with Gasteiger partial charge in [-0.2, -0.15) is 0 Å². The van der Waals surface area contributed by atoms with E-state index in [-0.39, 0.29) is 30.6 Å². The quantitative estimate of drug-likeness (QED) is 0.813. The fourth-order valence-corrected chi connectivity index (χ4v) is 2.55. The zero-order valence-electron chi connectivity index (χ0n) is 12.2. The van der Waals surface area contributed by atoms with Gasteiger partial charge in [0, 0.05) is 32.2 Å². The Morgan fingerprint density at radius 2 is 2.05 bits per heavy atom. The summed E-state index contributed by atoms with van der Waals surface area (Å²) < 4.78 is 5.19. The second-order valence-electron chi connectivity index (χ2n) is 4.76. The number of aromatic hydroxyl groups is 1. The van der Waals surface area contributed by atoms with Gasteiger partial charge >= 0.3 is 0 Å². The van der Waals surface area contributed by atoms with E-state index in [2.05, 4.69) is 16.8 Å². The molecule has 0 aromatic heterocycles. The minimum absolute atomic E-state index is 0. The van der Waals surface area contributed by atoms with Crippen molar-refractivity contribution in [2.24, 2.45) is 0 Å². The van der Waals surface area contributed by atoms with E-state index in [9.17, 15) is 5.11 Å². The molecule has 0 amide bonds. The smallest absolute Gasteiger partial charge is 0.160 e. The van der Waals surface area contributed by atoms with Crippen LogP contribution >= 0.6 is 24.8 Å². The van der Waals surface area contributed by atoms with Crippen molar-refractivity contribution in [3.63, 3.8) is 0 Å². The van der Waals surface area contributed by atoms with Gasteiger partial charge in [-0.15, -0.1) is 31.4 Å². The lowest BCUT2D eigenvalue weighted by molar-refractivity contribution is 0.174. The van der Waals surface area contributed by atoms with Gasteiger partial charge in [0.05, 0.1) is 7.11 Å². The summed E-state index contributed by atoms with van der Waals surface area (Å²) in [5.74, 6) is 0.714. The number of phenolic OH excluding ortho intramolecular Hbond substituents is 1. The Morgan fingerprint density at radius 1 is 1.38 bits per heavy atom. The molecule has 21 heavy (non-hydrogen) atoms. The van der Waals surface area contributed by atoms with Crippen molar-refractivity contribution in [2.75, 3.05) is 33.3 Å². The van der Waals surface area contributed by atoms with E-state index in [4.69, 9.17) is 4.74 Å². The molecule has 1 aromatic carbocycles. The second-order valence-corrected chi connectivity index (χ2v) is 4.76. The predicted octanol–water partition coefficient (Wildman–Crippen LogP) is 2.77. The van der Waals surface area contributed by atoms with Crippen molar-refractivity contribution in [3.05, 3.63) is 36.4 Å². The molecule has 1 aliphatic rings. The van der Waals surface area contributed by atoms with Crippen LogP contribution in [-0.4, -0.2) is 43.3 Å². The summed E-state index contributed by atoms with van der Waals surface area (Å²) in [6.45, 7) is 7.95. The lowest BCUT2D eigenvalue weighted by Crippen LogP contribution is -2.45. The van der Waals surface area contributed by atoms with Crippen LogP contribution in [0.15, 0.2) is 30.9 Å². The number of methoxy groups -OCH3 is 1. The van der Waals surface area contributed by atoms with E-state index in [1.54, 1.807) is 13.2 Å². The van der Waals surface area contributed by atoms with Gasteiger partial charge < -0.3 is 15.2 Å². The molecule has 0 aliphatic carbocycles. The maximum atomic E-state index is 9.69. The number of benzene rings is 1. The molecule has 120 valence electrons. The Kier molecular flexibility index (Phi) is 9.46. The van der Waals surface area contributed by atoms with Gasteiger partial charge in [-0.3, -0.25) is 4.90 Å². The van der Waals surface area contributed by atoms with Gasteiger partial charge in [0.1, 0.15) is 0 Å². The molecular weight excluding hydrogens is 311 g/mol. The average molecular weight is 335 g/mol. The maximum absolute atomic E-state index is 9.69. The van der Waals surface area contributed by atoms with Crippen LogP contribution in [0.1, 0.15) is 18.0 Å². The Bertz CT molecular complexity index is 438. The first-order valence-electron chi connectivity index (χ1n) is 6.69. The van der Waals surface area contributed by atoms with Crippen LogP contribution < -0.4 is 10.1 Å². The lowest BCUT2D eigenvalue weighted by Gasteiger charge is -2.35. The highest BCUT2D eigenvalue weighted by Crippen LogP contribution is 2.32. The van der Waals surface area contributed by atoms with Crippen molar-refractivity contribution in [1.29, 1.82) is 0 Å². The van der Waals surface area contributed by atoms with Gasteiger partial charge in [-0.1, -0.05) is 12.1 Å². The highest BCUT2D eigenvalue weighted by molar-refractivity contribution is 5.85. The molecule has 1 fully saturated rings. The van der Waals surface area contributed by atoms with E-state index in [1.807, 2.05) is 18.2 Å². The van der Waals surface area contributed by atoms with Crippen LogP contribution in [0.4, 0.5) is 0 Å². The fraction of sp³-hybridized carbons (Fsp3) is 0.467. The molecule has 0 bridgehead atoms. The zero-order valence-corrected chi connectivity index (χ0v) is 13.9. The number of rotatable bonds is 5. The van der Waals surface area contributed by atoms with E-state index in [0.29, 0.717) is 11.8 Å². The van der Waals surface area contributed by atoms with Gasteiger partial charge in [0.25, 0.3) is 0 Å². The normalized spacial score (nSPS) is 16.2. The number of piperazine rings is 1. The minimum atomic E-state index is 0. The van der Waals surface area contributed by atoms with E-state index >= 15 is 0 Å². The van der Waals surface area contributed by atoms with E-state index in [0.717, 1.165) is 38.2 Å². The lowest BCUT2D eigenvalue weighted by atomic mass is 10.0. The summed E-state index contributed by atoms with van der Waals surface area (Å²) >= 11 is 0. The van der Waals surface area contributed by atoms with E-state index in [1.165, 1.54) is 0 Å². The van der Waals surface area contributed by atoms with Crippen LogP contribution in [0.25, 0.3) is 0 Å².